The van der Waals surface area contributed by atoms with Gasteiger partial charge in [-0.25, -0.2) is 0 Å². The van der Waals surface area contributed by atoms with Crippen LogP contribution in [0, 0.1) is 5.92 Å². The third-order valence-electron chi connectivity index (χ3n) is 2.31. The number of esters is 1. The van der Waals surface area contributed by atoms with Gasteiger partial charge in [-0.3, -0.25) is 4.79 Å². The van der Waals surface area contributed by atoms with Gasteiger partial charge in [0.25, 0.3) is 0 Å². The molecule has 4 heteroatoms. The fraction of sp³-hybridized carbons (Fsp3) is 0.727. The number of carbonyl (C=O) groups excluding carboxylic acids is 1. The molecule has 0 spiro atoms. The van der Waals surface area contributed by atoms with E-state index in [0.717, 1.165) is 0 Å². The Hall–Kier alpha value is -0.870. The normalized spacial score (nSPS) is 31.3. The fourth-order valence-electron chi connectivity index (χ4n) is 1.55. The molecule has 0 aromatic heterocycles. The second-order valence-corrected chi connectivity index (χ2v) is 3.87. The van der Waals surface area contributed by atoms with E-state index in [2.05, 4.69) is 6.58 Å². The third kappa shape index (κ3) is 3.04. The molecule has 0 aliphatic carbocycles. The Balaban J connectivity index is 2.68. The molecule has 0 amide bonds. The van der Waals surface area contributed by atoms with E-state index in [0.29, 0.717) is 0 Å². The van der Waals surface area contributed by atoms with Crippen LogP contribution in [0.2, 0.25) is 0 Å². The predicted molar refractivity (Wildman–Crippen MR) is 55.2 cm³/mol. The molecule has 3 unspecified atom stereocenters. The summed E-state index contributed by atoms with van der Waals surface area (Å²) in [6.45, 7) is 9.31. The molecule has 1 fully saturated rings. The van der Waals surface area contributed by atoms with Gasteiger partial charge in [0.15, 0.2) is 0 Å². The number of hydrogen-bond donors (Lipinski definition) is 0. The van der Waals surface area contributed by atoms with Crippen molar-refractivity contribution < 1.29 is 19.0 Å². The van der Waals surface area contributed by atoms with Crippen molar-refractivity contribution in [2.45, 2.75) is 39.1 Å². The summed E-state index contributed by atoms with van der Waals surface area (Å²) in [7, 11) is 0. The van der Waals surface area contributed by atoms with Crippen molar-refractivity contribution in [1.29, 1.82) is 0 Å². The number of carbonyl (C=O) groups is 1. The first-order chi connectivity index (χ1) is 7.06. The summed E-state index contributed by atoms with van der Waals surface area (Å²) in [5.74, 6) is -0.708. The Morgan fingerprint density at radius 1 is 1.53 bits per heavy atom. The molecule has 0 saturated carbocycles. The highest BCUT2D eigenvalue weighted by Gasteiger charge is 2.38. The Kier molecular flexibility index (Phi) is 4.29. The zero-order chi connectivity index (χ0) is 11.4. The SMILES string of the molecule is C=CC1OCOC(C)C1C(=O)OC(C)C. The molecule has 86 valence electrons. The summed E-state index contributed by atoms with van der Waals surface area (Å²) in [5, 5.41) is 0. The lowest BCUT2D eigenvalue weighted by atomic mass is 9.96. The Labute approximate surface area is 90.2 Å². The minimum absolute atomic E-state index is 0.128. The zero-order valence-corrected chi connectivity index (χ0v) is 9.43. The highest BCUT2D eigenvalue weighted by atomic mass is 16.7. The summed E-state index contributed by atoms with van der Waals surface area (Å²) < 4.78 is 15.7. The maximum absolute atomic E-state index is 11.8. The van der Waals surface area contributed by atoms with Crippen molar-refractivity contribution in [3.63, 3.8) is 0 Å². The van der Waals surface area contributed by atoms with Crippen molar-refractivity contribution in [2.75, 3.05) is 6.79 Å². The van der Waals surface area contributed by atoms with E-state index in [1.807, 2.05) is 20.8 Å². The van der Waals surface area contributed by atoms with Gasteiger partial charge in [-0.2, -0.15) is 0 Å². The maximum atomic E-state index is 11.8. The number of ether oxygens (including phenoxy) is 3. The summed E-state index contributed by atoms with van der Waals surface area (Å²) in [5.41, 5.74) is 0. The molecule has 3 atom stereocenters. The van der Waals surface area contributed by atoms with Crippen molar-refractivity contribution in [2.24, 2.45) is 5.92 Å². The summed E-state index contributed by atoms with van der Waals surface area (Å²) in [6.07, 6.45) is 0.968. The van der Waals surface area contributed by atoms with Crippen LogP contribution in [0.3, 0.4) is 0 Å². The van der Waals surface area contributed by atoms with Gasteiger partial charge in [-0.1, -0.05) is 6.08 Å². The van der Waals surface area contributed by atoms with Crippen molar-refractivity contribution in [1.82, 2.24) is 0 Å². The summed E-state index contributed by atoms with van der Waals surface area (Å²) in [6, 6.07) is 0. The highest BCUT2D eigenvalue weighted by Crippen LogP contribution is 2.23. The molecule has 0 bridgehead atoms. The van der Waals surface area contributed by atoms with Crippen LogP contribution < -0.4 is 0 Å². The third-order valence-corrected chi connectivity index (χ3v) is 2.31. The Morgan fingerprint density at radius 3 is 2.73 bits per heavy atom. The number of hydrogen-bond acceptors (Lipinski definition) is 4. The molecule has 15 heavy (non-hydrogen) atoms. The van der Waals surface area contributed by atoms with Gasteiger partial charge in [0, 0.05) is 0 Å². The van der Waals surface area contributed by atoms with Crippen LogP contribution in [0.1, 0.15) is 20.8 Å². The second kappa shape index (κ2) is 5.28. The van der Waals surface area contributed by atoms with Gasteiger partial charge in [0.05, 0.1) is 18.3 Å². The second-order valence-electron chi connectivity index (χ2n) is 3.87. The highest BCUT2D eigenvalue weighted by molar-refractivity contribution is 5.74. The average molecular weight is 214 g/mol. The molecule has 1 aliphatic rings. The van der Waals surface area contributed by atoms with Crippen molar-refractivity contribution >= 4 is 5.97 Å². The average Bonchev–Trinajstić information content (AvgIpc) is 2.15. The van der Waals surface area contributed by atoms with Crippen LogP contribution in [-0.2, 0) is 19.0 Å². The molecule has 0 N–H and O–H groups in total. The smallest absolute Gasteiger partial charge is 0.314 e. The van der Waals surface area contributed by atoms with Gasteiger partial charge in [0.2, 0.25) is 0 Å². The van der Waals surface area contributed by atoms with E-state index in [4.69, 9.17) is 14.2 Å². The molecule has 1 saturated heterocycles. The van der Waals surface area contributed by atoms with Crippen LogP contribution in [-0.4, -0.2) is 31.1 Å². The molecule has 0 aromatic rings. The summed E-state index contributed by atoms with van der Waals surface area (Å²) >= 11 is 0. The zero-order valence-electron chi connectivity index (χ0n) is 9.43. The molecule has 0 aromatic carbocycles. The standard InChI is InChI=1S/C11H18O4/c1-5-9-10(8(4)13-6-14-9)11(12)15-7(2)3/h5,7-10H,1,6H2,2-4H3. The maximum Gasteiger partial charge on any atom is 0.314 e. The first-order valence-corrected chi connectivity index (χ1v) is 5.12. The van der Waals surface area contributed by atoms with Gasteiger partial charge in [0.1, 0.15) is 12.7 Å². The molecular weight excluding hydrogens is 196 g/mol. The quantitative estimate of drug-likeness (QED) is 0.527. The van der Waals surface area contributed by atoms with Crippen LogP contribution in [0.4, 0.5) is 0 Å². The minimum atomic E-state index is -0.418. The van der Waals surface area contributed by atoms with Gasteiger partial charge in [-0.05, 0) is 20.8 Å². The van der Waals surface area contributed by atoms with Crippen LogP contribution in [0.5, 0.6) is 0 Å². The molecule has 1 rings (SSSR count). The fourth-order valence-corrected chi connectivity index (χ4v) is 1.55. The summed E-state index contributed by atoms with van der Waals surface area (Å²) in [4.78, 5) is 11.8. The molecule has 1 heterocycles. The van der Waals surface area contributed by atoms with Crippen LogP contribution in [0.15, 0.2) is 12.7 Å². The van der Waals surface area contributed by atoms with E-state index in [1.165, 1.54) is 0 Å². The Morgan fingerprint density at radius 2 is 2.20 bits per heavy atom. The largest absolute Gasteiger partial charge is 0.463 e. The molecule has 4 nitrogen and oxygen atoms in total. The molecular formula is C11H18O4. The van der Waals surface area contributed by atoms with Crippen LogP contribution >= 0.6 is 0 Å². The van der Waals surface area contributed by atoms with E-state index >= 15 is 0 Å². The number of rotatable bonds is 3. The lowest BCUT2D eigenvalue weighted by Crippen LogP contribution is -2.45. The minimum Gasteiger partial charge on any atom is -0.463 e. The van der Waals surface area contributed by atoms with E-state index in [-0.39, 0.29) is 31.1 Å². The van der Waals surface area contributed by atoms with E-state index in [1.54, 1.807) is 6.08 Å². The predicted octanol–water partition coefficient (Wildman–Crippen LogP) is 1.50. The van der Waals surface area contributed by atoms with E-state index < -0.39 is 5.92 Å². The first kappa shape index (κ1) is 12.2. The Bertz CT molecular complexity index is 237. The monoisotopic (exact) mass is 214 g/mol. The van der Waals surface area contributed by atoms with E-state index in [9.17, 15) is 4.79 Å². The molecule has 0 radical (unpaired) electrons. The lowest BCUT2D eigenvalue weighted by Gasteiger charge is -2.33. The molecule has 1 aliphatic heterocycles. The van der Waals surface area contributed by atoms with Crippen LogP contribution in [0.25, 0.3) is 0 Å². The first-order valence-electron chi connectivity index (χ1n) is 5.12. The van der Waals surface area contributed by atoms with Gasteiger partial charge >= 0.3 is 5.97 Å². The van der Waals surface area contributed by atoms with Crippen molar-refractivity contribution in [3.05, 3.63) is 12.7 Å². The topological polar surface area (TPSA) is 44.8 Å². The van der Waals surface area contributed by atoms with Crippen molar-refractivity contribution in [3.8, 4) is 0 Å². The van der Waals surface area contributed by atoms with Gasteiger partial charge < -0.3 is 14.2 Å². The van der Waals surface area contributed by atoms with Gasteiger partial charge in [-0.15, -0.1) is 6.58 Å². The lowest BCUT2D eigenvalue weighted by molar-refractivity contribution is -0.206.